The number of aryl methyl sites for hydroxylation is 3. The second-order valence-corrected chi connectivity index (χ2v) is 5.29. The standard InChI is InChI=1S/C12H15N3OS/c1-7-8(2)17-12(14-7)6-11(16)10-4-5-13-9(3)15-10/h4-5,11,16H,6H2,1-3H3. The molecule has 2 aromatic heterocycles. The maximum absolute atomic E-state index is 10.1. The van der Waals surface area contributed by atoms with Gasteiger partial charge in [0, 0.05) is 17.5 Å². The first kappa shape index (κ1) is 12.1. The molecule has 1 atom stereocenters. The van der Waals surface area contributed by atoms with Gasteiger partial charge in [-0.05, 0) is 26.8 Å². The van der Waals surface area contributed by atoms with E-state index in [2.05, 4.69) is 15.0 Å². The lowest BCUT2D eigenvalue weighted by Gasteiger charge is -2.08. The van der Waals surface area contributed by atoms with Gasteiger partial charge in [-0.25, -0.2) is 15.0 Å². The Hall–Kier alpha value is -1.33. The first-order chi connectivity index (χ1) is 8.06. The van der Waals surface area contributed by atoms with Crippen LogP contribution >= 0.6 is 11.3 Å². The summed E-state index contributed by atoms with van der Waals surface area (Å²) in [6, 6.07) is 1.74. The number of hydrogen-bond donors (Lipinski definition) is 1. The molecule has 1 N–H and O–H groups in total. The molecular weight excluding hydrogens is 234 g/mol. The van der Waals surface area contributed by atoms with Crippen molar-refractivity contribution in [3.63, 3.8) is 0 Å². The summed E-state index contributed by atoms with van der Waals surface area (Å²) < 4.78 is 0. The van der Waals surface area contributed by atoms with Crippen molar-refractivity contribution >= 4 is 11.3 Å². The van der Waals surface area contributed by atoms with Crippen LogP contribution in [0.1, 0.15) is 33.2 Å². The SMILES string of the molecule is Cc1nccc(C(O)Cc2nc(C)c(C)s2)n1. The molecule has 0 saturated carbocycles. The number of aliphatic hydroxyl groups excluding tert-OH is 1. The second kappa shape index (κ2) is 4.89. The van der Waals surface area contributed by atoms with Gasteiger partial charge in [0.1, 0.15) is 11.9 Å². The van der Waals surface area contributed by atoms with Crippen molar-refractivity contribution in [1.82, 2.24) is 15.0 Å². The minimum absolute atomic E-state index is 0.510. The molecule has 0 radical (unpaired) electrons. The molecule has 90 valence electrons. The van der Waals surface area contributed by atoms with Crippen molar-refractivity contribution < 1.29 is 5.11 Å². The van der Waals surface area contributed by atoms with Gasteiger partial charge in [0.15, 0.2) is 0 Å². The van der Waals surface area contributed by atoms with Crippen LogP contribution in [0.3, 0.4) is 0 Å². The zero-order valence-corrected chi connectivity index (χ0v) is 11.0. The predicted molar refractivity (Wildman–Crippen MR) is 67.0 cm³/mol. The molecule has 0 aromatic carbocycles. The minimum Gasteiger partial charge on any atom is -0.386 e. The van der Waals surface area contributed by atoms with Gasteiger partial charge in [-0.15, -0.1) is 11.3 Å². The molecule has 0 aliphatic carbocycles. The van der Waals surface area contributed by atoms with Gasteiger partial charge in [-0.3, -0.25) is 0 Å². The summed E-state index contributed by atoms with van der Waals surface area (Å²) in [7, 11) is 0. The molecule has 0 aliphatic heterocycles. The predicted octanol–water partition coefficient (Wildman–Crippen LogP) is 2.13. The highest BCUT2D eigenvalue weighted by Gasteiger charge is 2.13. The molecule has 17 heavy (non-hydrogen) atoms. The molecule has 1 unspecified atom stereocenters. The molecule has 0 saturated heterocycles. The van der Waals surface area contributed by atoms with Crippen LogP contribution in [0.25, 0.3) is 0 Å². The summed E-state index contributed by atoms with van der Waals surface area (Å²) >= 11 is 1.63. The number of aromatic nitrogens is 3. The average Bonchev–Trinajstić information content (AvgIpc) is 2.58. The van der Waals surface area contributed by atoms with Crippen molar-refractivity contribution in [2.45, 2.75) is 33.3 Å². The largest absolute Gasteiger partial charge is 0.386 e. The topological polar surface area (TPSA) is 58.9 Å². The van der Waals surface area contributed by atoms with Gasteiger partial charge >= 0.3 is 0 Å². The van der Waals surface area contributed by atoms with E-state index in [4.69, 9.17) is 0 Å². The molecule has 2 aromatic rings. The van der Waals surface area contributed by atoms with Crippen molar-refractivity contribution in [3.8, 4) is 0 Å². The molecule has 0 aliphatic rings. The fourth-order valence-corrected chi connectivity index (χ4v) is 2.53. The van der Waals surface area contributed by atoms with E-state index in [1.807, 2.05) is 20.8 Å². The Morgan fingerprint density at radius 1 is 1.29 bits per heavy atom. The maximum Gasteiger partial charge on any atom is 0.125 e. The van der Waals surface area contributed by atoms with Crippen LogP contribution in [0.4, 0.5) is 0 Å². The number of hydrogen-bond acceptors (Lipinski definition) is 5. The average molecular weight is 249 g/mol. The highest BCUT2D eigenvalue weighted by Crippen LogP contribution is 2.22. The first-order valence-corrected chi connectivity index (χ1v) is 6.28. The molecule has 2 rings (SSSR count). The third kappa shape index (κ3) is 2.87. The van der Waals surface area contributed by atoms with Crippen LogP contribution in [0, 0.1) is 20.8 Å². The van der Waals surface area contributed by atoms with E-state index in [9.17, 15) is 5.11 Å². The summed E-state index contributed by atoms with van der Waals surface area (Å²) in [5, 5.41) is 11.0. The summed E-state index contributed by atoms with van der Waals surface area (Å²) in [4.78, 5) is 13.8. The van der Waals surface area contributed by atoms with Crippen LogP contribution in [0.2, 0.25) is 0 Å². The third-order valence-corrected chi connectivity index (χ3v) is 3.67. The van der Waals surface area contributed by atoms with E-state index in [1.54, 1.807) is 23.6 Å². The van der Waals surface area contributed by atoms with Gasteiger partial charge in [0.05, 0.1) is 16.4 Å². The van der Waals surface area contributed by atoms with Crippen molar-refractivity contribution in [2.24, 2.45) is 0 Å². The van der Waals surface area contributed by atoms with E-state index in [0.29, 0.717) is 17.9 Å². The van der Waals surface area contributed by atoms with E-state index < -0.39 is 6.10 Å². The van der Waals surface area contributed by atoms with Crippen LogP contribution in [0.15, 0.2) is 12.3 Å². The number of nitrogens with zero attached hydrogens (tertiary/aromatic N) is 3. The van der Waals surface area contributed by atoms with E-state index in [0.717, 1.165) is 10.7 Å². The second-order valence-electron chi connectivity index (χ2n) is 4.00. The zero-order valence-electron chi connectivity index (χ0n) is 10.1. The van der Waals surface area contributed by atoms with Gasteiger partial charge in [-0.1, -0.05) is 0 Å². The highest BCUT2D eigenvalue weighted by atomic mass is 32.1. The monoisotopic (exact) mass is 249 g/mol. The van der Waals surface area contributed by atoms with Gasteiger partial charge in [0.25, 0.3) is 0 Å². The third-order valence-electron chi connectivity index (χ3n) is 2.58. The Morgan fingerprint density at radius 3 is 2.65 bits per heavy atom. The van der Waals surface area contributed by atoms with Crippen molar-refractivity contribution in [1.29, 1.82) is 0 Å². The number of rotatable bonds is 3. The lowest BCUT2D eigenvalue weighted by atomic mass is 10.2. The van der Waals surface area contributed by atoms with E-state index in [1.165, 1.54) is 4.88 Å². The Morgan fingerprint density at radius 2 is 2.06 bits per heavy atom. The first-order valence-electron chi connectivity index (χ1n) is 5.47. The summed E-state index contributed by atoms with van der Waals surface area (Å²) in [5.41, 5.74) is 1.69. The fraction of sp³-hybridized carbons (Fsp3) is 0.417. The Labute approximate surface area is 104 Å². The van der Waals surface area contributed by atoms with Gasteiger partial charge in [-0.2, -0.15) is 0 Å². The summed E-state index contributed by atoms with van der Waals surface area (Å²) in [6.45, 7) is 5.84. The summed E-state index contributed by atoms with van der Waals surface area (Å²) in [5.74, 6) is 0.674. The molecule has 0 fully saturated rings. The van der Waals surface area contributed by atoms with Crippen LogP contribution in [-0.4, -0.2) is 20.1 Å². The molecule has 4 nitrogen and oxygen atoms in total. The molecule has 0 spiro atoms. The Kier molecular flexibility index (Phi) is 3.49. The number of aliphatic hydroxyl groups is 1. The van der Waals surface area contributed by atoms with Crippen LogP contribution in [0.5, 0.6) is 0 Å². The maximum atomic E-state index is 10.1. The van der Waals surface area contributed by atoms with Crippen molar-refractivity contribution in [3.05, 3.63) is 39.4 Å². The Bertz CT molecular complexity index is 505. The molecule has 0 amide bonds. The zero-order chi connectivity index (χ0) is 12.4. The lowest BCUT2D eigenvalue weighted by Crippen LogP contribution is -2.05. The van der Waals surface area contributed by atoms with E-state index in [-0.39, 0.29) is 0 Å². The van der Waals surface area contributed by atoms with Crippen molar-refractivity contribution in [2.75, 3.05) is 0 Å². The van der Waals surface area contributed by atoms with Gasteiger partial charge in [0.2, 0.25) is 0 Å². The van der Waals surface area contributed by atoms with Crippen LogP contribution in [-0.2, 0) is 6.42 Å². The Balaban J connectivity index is 2.14. The highest BCUT2D eigenvalue weighted by molar-refractivity contribution is 7.11. The number of thiazole rings is 1. The van der Waals surface area contributed by atoms with E-state index >= 15 is 0 Å². The fourth-order valence-electron chi connectivity index (χ4n) is 1.56. The lowest BCUT2D eigenvalue weighted by molar-refractivity contribution is 0.173. The smallest absolute Gasteiger partial charge is 0.125 e. The van der Waals surface area contributed by atoms with Gasteiger partial charge < -0.3 is 5.11 Å². The molecule has 5 heteroatoms. The molecule has 2 heterocycles. The molecule has 0 bridgehead atoms. The molecular formula is C12H15N3OS. The quantitative estimate of drug-likeness (QED) is 0.905. The normalized spacial score (nSPS) is 12.7. The summed E-state index contributed by atoms with van der Waals surface area (Å²) in [6.07, 6.45) is 1.57. The van der Waals surface area contributed by atoms with Crippen LogP contribution < -0.4 is 0 Å². The minimum atomic E-state index is -0.610.